The van der Waals surface area contributed by atoms with Crippen LogP contribution in [0.1, 0.15) is 22.3 Å². The molecule has 0 bridgehead atoms. The third-order valence-corrected chi connectivity index (χ3v) is 8.64. The van der Waals surface area contributed by atoms with Crippen molar-refractivity contribution in [3.63, 3.8) is 0 Å². The number of carbonyl (C=O) groups is 2. The van der Waals surface area contributed by atoms with Crippen molar-refractivity contribution in [2.24, 2.45) is 5.41 Å². The zero-order valence-corrected chi connectivity index (χ0v) is 26.6. The molecule has 240 valence electrons. The van der Waals surface area contributed by atoms with E-state index in [1.165, 1.54) is 0 Å². The molecule has 2 heterocycles. The normalized spacial score (nSPS) is 11.4. The van der Waals surface area contributed by atoms with Gasteiger partial charge < -0.3 is 28.9 Å². The van der Waals surface area contributed by atoms with Crippen molar-refractivity contribution in [2.45, 2.75) is 25.7 Å². The molecule has 6 aromatic rings. The number of hydrogen-bond acceptors (Lipinski definition) is 6. The maximum Gasteiger partial charge on any atom is 0.236 e. The van der Waals surface area contributed by atoms with Crippen LogP contribution in [0, 0.1) is 5.41 Å². The van der Waals surface area contributed by atoms with Crippen molar-refractivity contribution < 1.29 is 27.9 Å². The molecule has 0 aliphatic carbocycles. The van der Waals surface area contributed by atoms with Crippen molar-refractivity contribution >= 4 is 33.8 Å². The van der Waals surface area contributed by atoms with Gasteiger partial charge in [0.15, 0.2) is 0 Å². The fourth-order valence-corrected chi connectivity index (χ4v) is 5.98. The van der Waals surface area contributed by atoms with Crippen LogP contribution in [-0.2, 0) is 35.3 Å². The molecule has 8 heteroatoms. The van der Waals surface area contributed by atoms with Crippen LogP contribution in [0.2, 0.25) is 0 Å². The first kappa shape index (κ1) is 31.5. The molecule has 2 amide bonds. The monoisotopic (exact) mass is 630 g/mol. The summed E-state index contributed by atoms with van der Waals surface area (Å²) < 4.78 is 21.8. The second kappa shape index (κ2) is 14.3. The smallest absolute Gasteiger partial charge is 0.236 e. The molecule has 8 nitrogen and oxygen atoms in total. The predicted octanol–water partition coefficient (Wildman–Crippen LogP) is 6.69. The number of furan rings is 2. The van der Waals surface area contributed by atoms with Crippen molar-refractivity contribution in [3.8, 4) is 11.5 Å². The first-order chi connectivity index (χ1) is 23.0. The minimum Gasteiger partial charge on any atom is -0.497 e. The maximum absolute atomic E-state index is 14.5. The number of benzene rings is 4. The number of rotatable bonds is 14. The van der Waals surface area contributed by atoms with E-state index in [0.29, 0.717) is 31.5 Å². The van der Waals surface area contributed by atoms with Gasteiger partial charge in [0, 0.05) is 23.9 Å². The first-order valence-electron chi connectivity index (χ1n) is 15.7. The van der Waals surface area contributed by atoms with Crippen LogP contribution in [0.15, 0.2) is 118 Å². The molecule has 0 radical (unpaired) electrons. The number of amides is 2. The van der Waals surface area contributed by atoms with Gasteiger partial charge in [0.25, 0.3) is 0 Å². The van der Waals surface area contributed by atoms with Crippen LogP contribution in [-0.4, -0.2) is 39.1 Å². The van der Waals surface area contributed by atoms with Gasteiger partial charge in [-0.05, 0) is 103 Å². The van der Waals surface area contributed by atoms with E-state index in [0.717, 1.165) is 50.1 Å². The van der Waals surface area contributed by atoms with E-state index in [4.69, 9.17) is 18.3 Å². The van der Waals surface area contributed by atoms with E-state index in [9.17, 15) is 9.59 Å². The lowest BCUT2D eigenvalue weighted by atomic mass is 9.74. The Hall–Kier alpha value is -5.50. The molecular formula is C39H38N2O6. The summed E-state index contributed by atoms with van der Waals surface area (Å²) in [6.07, 6.45) is 4.84. The topological polar surface area (TPSA) is 103 Å². The van der Waals surface area contributed by atoms with E-state index in [1.54, 1.807) is 26.7 Å². The van der Waals surface area contributed by atoms with E-state index in [-0.39, 0.29) is 24.7 Å². The summed E-state index contributed by atoms with van der Waals surface area (Å²) in [6.45, 7) is 0.730. The van der Waals surface area contributed by atoms with Crippen LogP contribution >= 0.6 is 0 Å². The van der Waals surface area contributed by atoms with Gasteiger partial charge >= 0.3 is 0 Å². The highest BCUT2D eigenvalue weighted by Gasteiger charge is 2.46. The standard InChI is InChI=1S/C39H38N2O6/c1-44-33-10-4-27(5-11-33)15-19-40-37(42)39(25-29-8-14-35-32(23-29)18-22-46-35,26-30-3-9-31-17-21-47-36(31)24-30)38(43)41-20-16-28-6-12-34(45-2)13-7-28/h3-14,17-18,21-24H,15-16,19-20,25-26H2,1-2H3,(H,40,42)(H,41,43). The number of ether oxygens (including phenoxy) is 2. The highest BCUT2D eigenvalue weighted by Crippen LogP contribution is 2.32. The number of fused-ring (bicyclic) bond motifs is 2. The van der Waals surface area contributed by atoms with Crippen molar-refractivity contribution in [3.05, 3.63) is 132 Å². The second-order valence-corrected chi connectivity index (χ2v) is 11.7. The minimum absolute atomic E-state index is 0.176. The molecule has 0 saturated heterocycles. The fourth-order valence-electron chi connectivity index (χ4n) is 5.98. The van der Waals surface area contributed by atoms with E-state index < -0.39 is 5.41 Å². The summed E-state index contributed by atoms with van der Waals surface area (Å²) in [5, 5.41) is 8.11. The zero-order valence-electron chi connectivity index (χ0n) is 26.6. The lowest BCUT2D eigenvalue weighted by molar-refractivity contribution is -0.143. The van der Waals surface area contributed by atoms with Gasteiger partial charge in [-0.2, -0.15) is 0 Å². The summed E-state index contributed by atoms with van der Waals surface area (Å²) in [5.41, 5.74) is 3.77. The van der Waals surface area contributed by atoms with Crippen molar-refractivity contribution in [1.29, 1.82) is 0 Å². The fraction of sp³-hybridized carbons (Fsp3) is 0.231. The van der Waals surface area contributed by atoms with Gasteiger partial charge in [0.2, 0.25) is 11.8 Å². The average Bonchev–Trinajstić information content (AvgIpc) is 3.77. The third kappa shape index (κ3) is 7.33. The van der Waals surface area contributed by atoms with Gasteiger partial charge in [0.1, 0.15) is 28.1 Å². The summed E-state index contributed by atoms with van der Waals surface area (Å²) in [4.78, 5) is 29.0. The Balaban J connectivity index is 1.30. The molecule has 0 atom stereocenters. The lowest BCUT2D eigenvalue weighted by Crippen LogP contribution is -2.54. The molecule has 0 spiro atoms. The summed E-state index contributed by atoms with van der Waals surface area (Å²) >= 11 is 0. The molecule has 2 aromatic heterocycles. The Morgan fingerprint density at radius 3 is 1.64 bits per heavy atom. The molecule has 0 aliphatic heterocycles. The van der Waals surface area contributed by atoms with Crippen LogP contribution in [0.3, 0.4) is 0 Å². The summed E-state index contributed by atoms with van der Waals surface area (Å²) in [7, 11) is 3.26. The van der Waals surface area contributed by atoms with E-state index in [2.05, 4.69) is 10.6 Å². The lowest BCUT2D eigenvalue weighted by Gasteiger charge is -2.32. The van der Waals surface area contributed by atoms with E-state index in [1.807, 2.05) is 97.1 Å². The van der Waals surface area contributed by atoms with Gasteiger partial charge in [-0.3, -0.25) is 9.59 Å². The Morgan fingerprint density at radius 2 is 1.06 bits per heavy atom. The Kier molecular flexibility index (Phi) is 9.57. The molecule has 47 heavy (non-hydrogen) atoms. The Morgan fingerprint density at radius 1 is 0.574 bits per heavy atom. The molecule has 6 rings (SSSR count). The highest BCUT2D eigenvalue weighted by atomic mass is 16.5. The quantitative estimate of drug-likeness (QED) is 0.130. The largest absolute Gasteiger partial charge is 0.497 e. The number of nitrogens with one attached hydrogen (secondary N) is 2. The molecular weight excluding hydrogens is 592 g/mol. The highest BCUT2D eigenvalue weighted by molar-refractivity contribution is 6.06. The average molecular weight is 631 g/mol. The van der Waals surface area contributed by atoms with Crippen molar-refractivity contribution in [2.75, 3.05) is 27.3 Å². The van der Waals surface area contributed by atoms with Gasteiger partial charge in [-0.1, -0.05) is 42.5 Å². The number of carbonyl (C=O) groups excluding carboxylic acids is 2. The van der Waals surface area contributed by atoms with E-state index >= 15 is 0 Å². The Labute approximate surface area is 273 Å². The molecule has 0 saturated carbocycles. The molecule has 4 aromatic carbocycles. The summed E-state index contributed by atoms with van der Waals surface area (Å²) in [5.74, 6) is 0.872. The molecule has 2 N–H and O–H groups in total. The van der Waals surface area contributed by atoms with Gasteiger partial charge in [0.05, 0.1) is 26.7 Å². The number of hydrogen-bond donors (Lipinski definition) is 2. The predicted molar refractivity (Wildman–Crippen MR) is 182 cm³/mol. The zero-order chi connectivity index (χ0) is 32.6. The van der Waals surface area contributed by atoms with Crippen molar-refractivity contribution in [1.82, 2.24) is 10.6 Å². The van der Waals surface area contributed by atoms with Gasteiger partial charge in [-0.25, -0.2) is 0 Å². The first-order valence-corrected chi connectivity index (χ1v) is 15.7. The SMILES string of the molecule is COc1ccc(CCNC(=O)C(Cc2ccc3occc3c2)(Cc2ccc3ccoc3c2)C(=O)NCCc2ccc(OC)cc2)cc1. The minimum atomic E-state index is -1.46. The van der Waals surface area contributed by atoms with Crippen LogP contribution in [0.5, 0.6) is 11.5 Å². The van der Waals surface area contributed by atoms with Gasteiger partial charge in [-0.15, -0.1) is 0 Å². The second-order valence-electron chi connectivity index (χ2n) is 11.7. The maximum atomic E-state index is 14.5. The molecule has 0 aliphatic rings. The van der Waals surface area contributed by atoms with Crippen LogP contribution in [0.4, 0.5) is 0 Å². The third-order valence-electron chi connectivity index (χ3n) is 8.64. The molecule has 0 unspecified atom stereocenters. The van der Waals surface area contributed by atoms with Crippen LogP contribution in [0.25, 0.3) is 21.9 Å². The summed E-state index contributed by atoms with van der Waals surface area (Å²) in [6, 6.07) is 30.9. The van der Waals surface area contributed by atoms with Crippen LogP contribution < -0.4 is 20.1 Å². The molecule has 0 fully saturated rings. The Bertz CT molecular complexity index is 1810. The number of methoxy groups -OCH3 is 2.